The van der Waals surface area contributed by atoms with Gasteiger partial charge in [0.25, 0.3) is 0 Å². The number of hydrogen-bond donors (Lipinski definition) is 2. The highest BCUT2D eigenvalue weighted by Crippen LogP contribution is 2.18. The quantitative estimate of drug-likeness (QED) is 0.325. The van der Waals surface area contributed by atoms with E-state index in [9.17, 15) is 18.0 Å². The second-order valence-corrected chi connectivity index (χ2v) is 10.9. The van der Waals surface area contributed by atoms with Gasteiger partial charge in [-0.1, -0.05) is 86.6 Å². The third-order valence-electron chi connectivity index (χ3n) is 6.21. The van der Waals surface area contributed by atoms with Gasteiger partial charge in [-0.05, 0) is 41.7 Å². The molecule has 0 aliphatic heterocycles. The Balaban J connectivity index is 1.83. The second kappa shape index (κ2) is 14.4. The summed E-state index contributed by atoms with van der Waals surface area (Å²) in [6, 6.07) is 25.3. The monoisotopic (exact) mass is 535 g/mol. The fraction of sp³-hybridized carbons (Fsp3) is 0.333. The van der Waals surface area contributed by atoms with E-state index in [1.807, 2.05) is 67.6 Å². The molecule has 0 aliphatic rings. The summed E-state index contributed by atoms with van der Waals surface area (Å²) in [5.41, 5.74) is 2.77. The highest BCUT2D eigenvalue weighted by atomic mass is 32.2. The SMILES string of the molecule is CCCNC(=O)[C@H](Cc1ccccc1)N(Cc1ccccc1)C(=O)CCc1ccc(S(=O)(=O)NCC)cc1. The zero-order valence-electron chi connectivity index (χ0n) is 22.1. The number of carbonyl (C=O) groups excluding carboxylic acids is 2. The third kappa shape index (κ3) is 8.53. The van der Waals surface area contributed by atoms with Crippen molar-refractivity contribution in [1.29, 1.82) is 0 Å². The molecule has 3 rings (SSSR count). The lowest BCUT2D eigenvalue weighted by Crippen LogP contribution is -2.50. The Labute approximate surface area is 226 Å². The number of benzene rings is 3. The van der Waals surface area contributed by atoms with Crippen LogP contribution in [0.3, 0.4) is 0 Å². The molecule has 7 nitrogen and oxygen atoms in total. The van der Waals surface area contributed by atoms with E-state index in [0.29, 0.717) is 32.5 Å². The molecule has 0 radical (unpaired) electrons. The molecule has 1 atom stereocenters. The van der Waals surface area contributed by atoms with Gasteiger partial charge >= 0.3 is 0 Å². The topological polar surface area (TPSA) is 95.6 Å². The van der Waals surface area contributed by atoms with Gasteiger partial charge in [0.05, 0.1) is 4.90 Å². The van der Waals surface area contributed by atoms with Gasteiger partial charge in [-0.3, -0.25) is 9.59 Å². The molecule has 0 saturated carbocycles. The molecule has 8 heteroatoms. The number of sulfonamides is 1. The van der Waals surface area contributed by atoms with Gasteiger partial charge in [0.1, 0.15) is 6.04 Å². The molecule has 0 unspecified atom stereocenters. The van der Waals surface area contributed by atoms with Crippen molar-refractivity contribution in [2.75, 3.05) is 13.1 Å². The molecule has 0 aromatic heterocycles. The largest absolute Gasteiger partial charge is 0.354 e. The predicted octanol–water partition coefficient (Wildman–Crippen LogP) is 4.08. The minimum atomic E-state index is -3.53. The van der Waals surface area contributed by atoms with Crippen LogP contribution in [0, 0.1) is 0 Å². The van der Waals surface area contributed by atoms with Crippen molar-refractivity contribution in [1.82, 2.24) is 14.9 Å². The molecule has 0 aliphatic carbocycles. The number of nitrogens with zero attached hydrogens (tertiary/aromatic N) is 1. The zero-order chi connectivity index (χ0) is 27.4. The summed E-state index contributed by atoms with van der Waals surface area (Å²) in [5, 5.41) is 2.98. The minimum Gasteiger partial charge on any atom is -0.354 e. The Morgan fingerprint density at radius 3 is 2.00 bits per heavy atom. The molecular weight excluding hydrogens is 498 g/mol. The van der Waals surface area contributed by atoms with E-state index in [1.54, 1.807) is 36.1 Å². The molecule has 202 valence electrons. The van der Waals surface area contributed by atoms with Gasteiger partial charge in [0.15, 0.2) is 0 Å². The Morgan fingerprint density at radius 1 is 0.816 bits per heavy atom. The number of nitrogens with one attached hydrogen (secondary N) is 2. The number of rotatable bonds is 14. The van der Waals surface area contributed by atoms with Gasteiger partial charge in [0.2, 0.25) is 21.8 Å². The lowest BCUT2D eigenvalue weighted by atomic mass is 10.0. The first-order valence-electron chi connectivity index (χ1n) is 13.1. The van der Waals surface area contributed by atoms with Crippen LogP contribution in [0.4, 0.5) is 0 Å². The molecule has 0 spiro atoms. The summed E-state index contributed by atoms with van der Waals surface area (Å²) in [4.78, 5) is 28.9. The van der Waals surface area contributed by atoms with Crippen LogP contribution in [0.25, 0.3) is 0 Å². The van der Waals surface area contributed by atoms with Crippen LogP contribution < -0.4 is 10.0 Å². The van der Waals surface area contributed by atoms with Crippen LogP contribution in [0.2, 0.25) is 0 Å². The maximum absolute atomic E-state index is 13.7. The second-order valence-electron chi connectivity index (χ2n) is 9.15. The first-order chi connectivity index (χ1) is 18.3. The van der Waals surface area contributed by atoms with Crippen molar-refractivity contribution >= 4 is 21.8 Å². The van der Waals surface area contributed by atoms with Gasteiger partial charge in [0, 0.05) is 32.5 Å². The minimum absolute atomic E-state index is 0.134. The maximum Gasteiger partial charge on any atom is 0.243 e. The Hall–Kier alpha value is -3.49. The summed E-state index contributed by atoms with van der Waals surface area (Å²) in [7, 11) is -3.53. The van der Waals surface area contributed by atoms with Crippen LogP contribution in [0.15, 0.2) is 89.8 Å². The molecule has 0 heterocycles. The summed E-state index contributed by atoms with van der Waals surface area (Å²) < 4.78 is 26.9. The first-order valence-corrected chi connectivity index (χ1v) is 14.6. The Kier molecular flexibility index (Phi) is 11.1. The van der Waals surface area contributed by atoms with E-state index in [0.717, 1.165) is 23.1 Å². The number of hydrogen-bond acceptors (Lipinski definition) is 4. The van der Waals surface area contributed by atoms with Crippen molar-refractivity contribution in [3.05, 3.63) is 102 Å². The lowest BCUT2D eigenvalue weighted by Gasteiger charge is -2.31. The van der Waals surface area contributed by atoms with Crippen LogP contribution in [0.1, 0.15) is 43.4 Å². The molecule has 3 aromatic rings. The number of carbonyl (C=O) groups is 2. The van der Waals surface area contributed by atoms with Crippen LogP contribution >= 0.6 is 0 Å². The van der Waals surface area contributed by atoms with Gasteiger partial charge in [-0.2, -0.15) is 0 Å². The van der Waals surface area contributed by atoms with E-state index >= 15 is 0 Å². The van der Waals surface area contributed by atoms with E-state index in [1.165, 1.54) is 0 Å². The molecule has 3 aromatic carbocycles. The van der Waals surface area contributed by atoms with Crippen molar-refractivity contribution in [3.63, 3.8) is 0 Å². The van der Waals surface area contributed by atoms with Crippen LogP contribution in [-0.2, 0) is 39.0 Å². The van der Waals surface area contributed by atoms with Crippen LogP contribution in [0.5, 0.6) is 0 Å². The fourth-order valence-electron chi connectivity index (χ4n) is 4.20. The van der Waals surface area contributed by atoms with E-state index in [4.69, 9.17) is 0 Å². The first kappa shape index (κ1) is 29.1. The summed E-state index contributed by atoms with van der Waals surface area (Å²) in [5.74, 6) is -0.302. The van der Waals surface area contributed by atoms with E-state index < -0.39 is 16.1 Å². The van der Waals surface area contributed by atoms with Gasteiger partial charge < -0.3 is 10.2 Å². The molecule has 38 heavy (non-hydrogen) atoms. The molecular formula is C30H37N3O4S. The van der Waals surface area contributed by atoms with E-state index in [2.05, 4.69) is 10.0 Å². The molecule has 0 fully saturated rings. The van der Waals surface area contributed by atoms with E-state index in [-0.39, 0.29) is 23.1 Å². The maximum atomic E-state index is 13.7. The highest BCUT2D eigenvalue weighted by Gasteiger charge is 2.30. The average Bonchev–Trinajstić information content (AvgIpc) is 2.93. The molecule has 0 saturated heterocycles. The highest BCUT2D eigenvalue weighted by molar-refractivity contribution is 7.89. The zero-order valence-corrected chi connectivity index (χ0v) is 22.9. The van der Waals surface area contributed by atoms with Gasteiger partial charge in [-0.25, -0.2) is 13.1 Å². The summed E-state index contributed by atoms with van der Waals surface area (Å²) in [6.07, 6.45) is 1.83. The molecule has 2 N–H and O–H groups in total. The van der Waals surface area contributed by atoms with Gasteiger partial charge in [-0.15, -0.1) is 0 Å². The van der Waals surface area contributed by atoms with Crippen molar-refractivity contribution < 1.29 is 18.0 Å². The normalized spacial score (nSPS) is 12.1. The number of aryl methyl sites for hydroxylation is 1. The molecule has 0 bridgehead atoms. The summed E-state index contributed by atoms with van der Waals surface area (Å²) in [6.45, 7) is 4.89. The Morgan fingerprint density at radius 2 is 1.42 bits per heavy atom. The van der Waals surface area contributed by atoms with Crippen molar-refractivity contribution in [2.45, 2.75) is 57.0 Å². The smallest absolute Gasteiger partial charge is 0.243 e. The fourth-order valence-corrected chi connectivity index (χ4v) is 5.24. The average molecular weight is 536 g/mol. The predicted molar refractivity (Wildman–Crippen MR) is 150 cm³/mol. The van der Waals surface area contributed by atoms with Crippen LogP contribution in [-0.4, -0.2) is 44.3 Å². The standard InChI is InChI=1S/C30H37N3O4S/c1-3-21-31-30(35)28(22-25-11-7-5-8-12-25)33(23-26-13-9-6-10-14-26)29(34)20-17-24-15-18-27(19-16-24)38(36,37)32-4-2/h5-16,18-19,28,32H,3-4,17,20-23H2,1-2H3,(H,31,35)/t28-/m0/s1. The Bertz CT molecular complexity index is 1260. The van der Waals surface area contributed by atoms with Crippen molar-refractivity contribution in [2.24, 2.45) is 0 Å². The molecule has 2 amide bonds. The summed E-state index contributed by atoms with van der Waals surface area (Å²) >= 11 is 0. The lowest BCUT2D eigenvalue weighted by molar-refractivity contribution is -0.141. The number of amides is 2. The van der Waals surface area contributed by atoms with Crippen molar-refractivity contribution in [3.8, 4) is 0 Å². The third-order valence-corrected chi connectivity index (χ3v) is 7.77.